The number of hydrogen-bond donors (Lipinski definition) is 1. The van der Waals surface area contributed by atoms with Crippen LogP contribution >= 0.6 is 11.8 Å². The highest BCUT2D eigenvalue weighted by molar-refractivity contribution is 8.00. The van der Waals surface area contributed by atoms with Gasteiger partial charge in [-0.3, -0.25) is 10.1 Å². The van der Waals surface area contributed by atoms with Crippen molar-refractivity contribution in [3.63, 3.8) is 0 Å². The molecule has 1 aliphatic heterocycles. The molecule has 0 aromatic heterocycles. The number of anilines is 1. The Bertz CT molecular complexity index is 465. The van der Waals surface area contributed by atoms with Crippen LogP contribution in [0.3, 0.4) is 0 Å². The topological polar surface area (TPSA) is 55.2 Å². The van der Waals surface area contributed by atoms with Gasteiger partial charge in [0.25, 0.3) is 5.69 Å². The van der Waals surface area contributed by atoms with E-state index in [9.17, 15) is 18.9 Å². The Balaban J connectivity index is 2.18. The van der Waals surface area contributed by atoms with E-state index in [4.69, 9.17) is 0 Å². The largest absolute Gasteiger partial charge is 0.376 e. The van der Waals surface area contributed by atoms with Crippen molar-refractivity contribution >= 4 is 23.1 Å². The molecule has 0 radical (unpaired) electrons. The minimum absolute atomic E-state index is 0.298. The molecule has 1 atom stereocenters. The molecule has 7 heteroatoms. The molecule has 0 bridgehead atoms. The van der Waals surface area contributed by atoms with Crippen molar-refractivity contribution in [2.75, 3.05) is 17.6 Å². The lowest BCUT2D eigenvalue weighted by atomic mass is 10.2. The number of nitrogens with one attached hydrogen (secondary N) is 1. The fourth-order valence-electron chi connectivity index (χ4n) is 1.88. The lowest BCUT2D eigenvalue weighted by Gasteiger charge is -2.12. The molecule has 1 saturated heterocycles. The number of halogens is 2. The average molecular weight is 274 g/mol. The van der Waals surface area contributed by atoms with E-state index < -0.39 is 22.2 Å². The molecule has 18 heavy (non-hydrogen) atoms. The zero-order valence-corrected chi connectivity index (χ0v) is 10.3. The lowest BCUT2D eigenvalue weighted by molar-refractivity contribution is -0.384. The van der Waals surface area contributed by atoms with Crippen LogP contribution in [0.5, 0.6) is 0 Å². The van der Waals surface area contributed by atoms with Gasteiger partial charge in [-0.2, -0.15) is 11.8 Å². The molecule has 0 amide bonds. The molecular formula is C11H12F2N2O2S. The second-order valence-electron chi connectivity index (χ2n) is 4.03. The highest BCUT2D eigenvalue weighted by Gasteiger charge is 2.23. The molecule has 0 aliphatic carbocycles. The molecule has 2 rings (SSSR count). The number of nitrogens with zero attached hydrogens (tertiary/aromatic N) is 1. The number of nitro benzene ring substituents is 1. The van der Waals surface area contributed by atoms with E-state index >= 15 is 0 Å². The van der Waals surface area contributed by atoms with Gasteiger partial charge in [0.1, 0.15) is 0 Å². The first-order valence-electron chi connectivity index (χ1n) is 5.57. The predicted molar refractivity (Wildman–Crippen MR) is 67.0 cm³/mol. The number of nitro groups is 1. The van der Waals surface area contributed by atoms with Crippen LogP contribution in [0, 0.1) is 21.7 Å². The van der Waals surface area contributed by atoms with Crippen molar-refractivity contribution in [3.05, 3.63) is 33.9 Å². The Hall–Kier alpha value is -1.37. The average Bonchev–Trinajstić information content (AvgIpc) is 2.83. The van der Waals surface area contributed by atoms with Gasteiger partial charge in [-0.25, -0.2) is 8.78 Å². The fraction of sp³-hybridized carbons (Fsp3) is 0.455. The third-order valence-corrected chi connectivity index (χ3v) is 4.20. The summed E-state index contributed by atoms with van der Waals surface area (Å²) in [7, 11) is 0. The zero-order chi connectivity index (χ0) is 13.1. The van der Waals surface area contributed by atoms with Crippen LogP contribution in [-0.2, 0) is 0 Å². The quantitative estimate of drug-likeness (QED) is 0.676. The summed E-state index contributed by atoms with van der Waals surface area (Å²) < 4.78 is 26.6. The first-order chi connectivity index (χ1) is 8.59. The van der Waals surface area contributed by atoms with Gasteiger partial charge < -0.3 is 5.32 Å². The van der Waals surface area contributed by atoms with Crippen LogP contribution in [0.15, 0.2) is 12.1 Å². The van der Waals surface area contributed by atoms with E-state index in [0.29, 0.717) is 11.8 Å². The maximum Gasteiger partial charge on any atom is 0.295 e. The van der Waals surface area contributed by atoms with Gasteiger partial charge in [-0.1, -0.05) is 0 Å². The monoisotopic (exact) mass is 274 g/mol. The summed E-state index contributed by atoms with van der Waals surface area (Å²) in [5.74, 6) is -1.23. The van der Waals surface area contributed by atoms with E-state index in [1.165, 1.54) is 0 Å². The second-order valence-corrected chi connectivity index (χ2v) is 5.44. The van der Waals surface area contributed by atoms with Gasteiger partial charge in [0.05, 0.1) is 4.92 Å². The van der Waals surface area contributed by atoms with Crippen molar-refractivity contribution in [3.8, 4) is 0 Å². The summed E-state index contributed by atoms with van der Waals surface area (Å²) in [6.45, 7) is 0.409. The van der Waals surface area contributed by atoms with E-state index in [0.717, 1.165) is 30.7 Å². The third kappa shape index (κ3) is 2.72. The van der Waals surface area contributed by atoms with Crippen LogP contribution in [0.25, 0.3) is 0 Å². The molecule has 1 unspecified atom stereocenters. The zero-order valence-electron chi connectivity index (χ0n) is 9.49. The van der Waals surface area contributed by atoms with Crippen LogP contribution < -0.4 is 5.32 Å². The van der Waals surface area contributed by atoms with Crippen LogP contribution in [0.4, 0.5) is 20.2 Å². The van der Waals surface area contributed by atoms with E-state index in [2.05, 4.69) is 5.32 Å². The molecule has 1 aliphatic rings. The first-order valence-corrected chi connectivity index (χ1v) is 6.62. The van der Waals surface area contributed by atoms with Crippen molar-refractivity contribution in [2.24, 2.45) is 0 Å². The molecule has 1 aromatic carbocycles. The Morgan fingerprint density at radius 1 is 1.50 bits per heavy atom. The Morgan fingerprint density at radius 3 is 2.89 bits per heavy atom. The Labute approximate surface area is 107 Å². The van der Waals surface area contributed by atoms with Gasteiger partial charge in [0.15, 0.2) is 17.3 Å². The molecule has 4 nitrogen and oxygen atoms in total. The number of benzene rings is 1. The van der Waals surface area contributed by atoms with Crippen molar-refractivity contribution in [1.29, 1.82) is 0 Å². The highest BCUT2D eigenvalue weighted by atomic mass is 32.2. The minimum atomic E-state index is -1.19. The third-order valence-electron chi connectivity index (χ3n) is 2.80. The van der Waals surface area contributed by atoms with E-state index in [-0.39, 0.29) is 5.69 Å². The number of thioether (sulfide) groups is 1. The maximum atomic E-state index is 13.5. The predicted octanol–water partition coefficient (Wildman–Crippen LogP) is 3.18. The lowest BCUT2D eigenvalue weighted by Crippen LogP contribution is -2.16. The molecule has 1 heterocycles. The highest BCUT2D eigenvalue weighted by Crippen LogP contribution is 2.31. The van der Waals surface area contributed by atoms with Gasteiger partial charge in [-0.15, -0.1) is 0 Å². The van der Waals surface area contributed by atoms with E-state index in [1.807, 2.05) is 0 Å². The van der Waals surface area contributed by atoms with Crippen molar-refractivity contribution < 1.29 is 13.7 Å². The maximum absolute atomic E-state index is 13.5. The van der Waals surface area contributed by atoms with E-state index in [1.54, 1.807) is 11.8 Å². The van der Waals surface area contributed by atoms with Crippen LogP contribution in [0.2, 0.25) is 0 Å². The molecular weight excluding hydrogens is 262 g/mol. The molecule has 0 spiro atoms. The first kappa shape index (κ1) is 13.1. The van der Waals surface area contributed by atoms with Crippen LogP contribution in [-0.4, -0.2) is 22.5 Å². The standard InChI is InChI=1S/C11H12F2N2O2S/c12-8-3-4-9(15(16)17)11(10(8)13)14-6-7-2-1-5-18-7/h3-4,7,14H,1-2,5-6H2. The number of rotatable bonds is 4. The normalized spacial score (nSPS) is 18.9. The molecule has 1 aromatic rings. The summed E-state index contributed by atoms with van der Waals surface area (Å²) in [5, 5.41) is 13.7. The number of hydrogen-bond acceptors (Lipinski definition) is 4. The van der Waals surface area contributed by atoms with Gasteiger partial charge in [0, 0.05) is 17.9 Å². The molecule has 98 valence electrons. The smallest absolute Gasteiger partial charge is 0.295 e. The SMILES string of the molecule is O=[N+]([O-])c1ccc(F)c(F)c1NCC1CCCS1. The summed E-state index contributed by atoms with van der Waals surface area (Å²) in [4.78, 5) is 10.0. The summed E-state index contributed by atoms with van der Waals surface area (Å²) in [5.41, 5.74) is -0.788. The fourth-order valence-corrected chi connectivity index (χ4v) is 3.08. The second kappa shape index (κ2) is 5.51. The molecule has 1 fully saturated rings. The van der Waals surface area contributed by atoms with Crippen molar-refractivity contribution in [1.82, 2.24) is 0 Å². The van der Waals surface area contributed by atoms with Crippen molar-refractivity contribution in [2.45, 2.75) is 18.1 Å². The summed E-state index contributed by atoms with van der Waals surface area (Å²) >= 11 is 1.74. The van der Waals surface area contributed by atoms with Gasteiger partial charge in [0.2, 0.25) is 0 Å². The Morgan fingerprint density at radius 2 is 2.28 bits per heavy atom. The van der Waals surface area contributed by atoms with Gasteiger partial charge in [-0.05, 0) is 24.7 Å². The summed E-state index contributed by atoms with van der Waals surface area (Å²) in [6.07, 6.45) is 2.08. The minimum Gasteiger partial charge on any atom is -0.376 e. The van der Waals surface area contributed by atoms with Gasteiger partial charge >= 0.3 is 0 Å². The van der Waals surface area contributed by atoms with Crippen LogP contribution in [0.1, 0.15) is 12.8 Å². The molecule has 0 saturated carbocycles. The molecule has 1 N–H and O–H groups in total. The summed E-state index contributed by atoms with van der Waals surface area (Å²) in [6, 6.07) is 1.74. The Kier molecular flexibility index (Phi) is 4.00.